The highest BCUT2D eigenvalue weighted by Crippen LogP contribution is 2.24. The minimum Gasteiger partial charge on any atom is -0.398 e. The summed E-state index contributed by atoms with van der Waals surface area (Å²) in [4.78, 5) is 18.2. The molecule has 0 aliphatic carbocycles. The molecule has 18 heavy (non-hydrogen) atoms. The van der Waals surface area contributed by atoms with E-state index >= 15 is 0 Å². The molecule has 0 aromatic carbocycles. The van der Waals surface area contributed by atoms with E-state index in [1.165, 1.54) is 6.20 Å². The van der Waals surface area contributed by atoms with Gasteiger partial charge in [-0.25, -0.2) is 0 Å². The third kappa shape index (κ3) is 2.61. The number of amides is 1. The molecule has 1 aliphatic heterocycles. The van der Waals surface area contributed by atoms with Crippen LogP contribution in [0.2, 0.25) is 0 Å². The normalized spacial score (nSPS) is 19.2. The molecule has 0 spiro atoms. The summed E-state index contributed by atoms with van der Waals surface area (Å²) in [6.45, 7) is 0.941. The number of carbonyl (C=O) groups is 1. The van der Waals surface area contributed by atoms with Crippen LogP contribution >= 0.6 is 0 Å². The summed E-state index contributed by atoms with van der Waals surface area (Å²) in [7, 11) is 0. The van der Waals surface area contributed by atoms with Crippen LogP contribution in [0.5, 0.6) is 0 Å². The van der Waals surface area contributed by atoms with E-state index < -0.39 is 0 Å². The Morgan fingerprint density at radius 3 is 3.17 bits per heavy atom. The number of aliphatic hydroxyl groups excluding tert-OH is 1. The van der Waals surface area contributed by atoms with Crippen LogP contribution < -0.4 is 5.73 Å². The average molecular weight is 249 g/mol. The standard InChI is InChI=1S/C13H19N3O2/c14-12-5-6-15-9-11(12)13(18)16-7-1-3-10(16)4-2-8-17/h5-6,9-10,17H,1-4,7-8H2,(H2,14,15). The van der Waals surface area contributed by atoms with Crippen molar-refractivity contribution in [2.75, 3.05) is 18.9 Å². The third-order valence-electron chi connectivity index (χ3n) is 3.42. The zero-order valence-corrected chi connectivity index (χ0v) is 10.4. The lowest BCUT2D eigenvalue weighted by Gasteiger charge is -2.25. The van der Waals surface area contributed by atoms with E-state index in [2.05, 4.69) is 4.98 Å². The van der Waals surface area contributed by atoms with Crippen molar-refractivity contribution in [3.05, 3.63) is 24.0 Å². The predicted octanol–water partition coefficient (Wildman–Crippen LogP) is 1.04. The molecule has 1 aliphatic rings. The molecule has 1 aromatic heterocycles. The molecule has 1 amide bonds. The molecule has 2 heterocycles. The predicted molar refractivity (Wildman–Crippen MR) is 69.0 cm³/mol. The first kappa shape index (κ1) is 12.8. The Kier molecular flexibility index (Phi) is 4.15. The molecule has 1 unspecified atom stereocenters. The molecular formula is C13H19N3O2. The zero-order valence-electron chi connectivity index (χ0n) is 10.4. The summed E-state index contributed by atoms with van der Waals surface area (Å²) in [6, 6.07) is 1.87. The fourth-order valence-corrected chi connectivity index (χ4v) is 2.47. The molecule has 1 fully saturated rings. The number of aliphatic hydroxyl groups is 1. The topological polar surface area (TPSA) is 79.5 Å². The molecule has 5 heteroatoms. The fourth-order valence-electron chi connectivity index (χ4n) is 2.47. The maximum atomic E-state index is 12.4. The lowest BCUT2D eigenvalue weighted by molar-refractivity contribution is 0.0725. The Hall–Kier alpha value is -1.62. The van der Waals surface area contributed by atoms with Crippen LogP contribution in [-0.4, -0.2) is 40.1 Å². The van der Waals surface area contributed by atoms with Gasteiger partial charge in [0.2, 0.25) is 0 Å². The maximum Gasteiger partial charge on any atom is 0.257 e. The number of carbonyl (C=O) groups excluding carboxylic acids is 1. The van der Waals surface area contributed by atoms with Gasteiger partial charge >= 0.3 is 0 Å². The van der Waals surface area contributed by atoms with Gasteiger partial charge in [0.15, 0.2) is 0 Å². The van der Waals surface area contributed by atoms with Gasteiger partial charge in [0.1, 0.15) is 0 Å². The SMILES string of the molecule is Nc1ccncc1C(=O)N1CCCC1CCCO. The van der Waals surface area contributed by atoms with Crippen molar-refractivity contribution in [3.8, 4) is 0 Å². The summed E-state index contributed by atoms with van der Waals surface area (Å²) in [5.74, 6) is -0.0407. The molecule has 1 aromatic rings. The second-order valence-corrected chi connectivity index (χ2v) is 4.62. The largest absolute Gasteiger partial charge is 0.398 e. The van der Waals surface area contributed by atoms with Gasteiger partial charge in [0.25, 0.3) is 5.91 Å². The smallest absolute Gasteiger partial charge is 0.257 e. The highest BCUT2D eigenvalue weighted by Gasteiger charge is 2.29. The quantitative estimate of drug-likeness (QED) is 0.835. The minimum atomic E-state index is -0.0407. The fraction of sp³-hybridized carbons (Fsp3) is 0.538. The zero-order chi connectivity index (χ0) is 13.0. The first-order chi connectivity index (χ1) is 8.74. The summed E-state index contributed by atoms with van der Waals surface area (Å²) >= 11 is 0. The number of pyridine rings is 1. The lowest BCUT2D eigenvalue weighted by Crippen LogP contribution is -2.36. The van der Waals surface area contributed by atoms with Gasteiger partial charge in [-0.1, -0.05) is 0 Å². The summed E-state index contributed by atoms with van der Waals surface area (Å²) < 4.78 is 0. The van der Waals surface area contributed by atoms with Crippen molar-refractivity contribution in [3.63, 3.8) is 0 Å². The number of nitrogens with two attached hydrogens (primary N) is 1. The van der Waals surface area contributed by atoms with Crippen LogP contribution in [0.25, 0.3) is 0 Å². The van der Waals surface area contributed by atoms with E-state index in [-0.39, 0.29) is 18.6 Å². The molecule has 1 atom stereocenters. The van der Waals surface area contributed by atoms with Crippen molar-refractivity contribution in [2.45, 2.75) is 31.7 Å². The summed E-state index contributed by atoms with van der Waals surface area (Å²) in [5.41, 5.74) is 6.76. The Morgan fingerprint density at radius 2 is 2.44 bits per heavy atom. The second kappa shape index (κ2) is 5.82. The molecule has 98 valence electrons. The third-order valence-corrected chi connectivity index (χ3v) is 3.42. The second-order valence-electron chi connectivity index (χ2n) is 4.62. The number of anilines is 1. The van der Waals surface area contributed by atoms with Crippen LogP contribution in [0.4, 0.5) is 5.69 Å². The highest BCUT2D eigenvalue weighted by atomic mass is 16.3. The van der Waals surface area contributed by atoms with Crippen molar-refractivity contribution < 1.29 is 9.90 Å². The average Bonchev–Trinajstić information content (AvgIpc) is 2.84. The van der Waals surface area contributed by atoms with E-state index in [1.807, 2.05) is 4.90 Å². The van der Waals surface area contributed by atoms with Gasteiger partial charge < -0.3 is 15.7 Å². The Bertz CT molecular complexity index is 422. The summed E-state index contributed by atoms with van der Waals surface area (Å²) in [6.07, 6.45) is 6.71. The minimum absolute atomic E-state index is 0.0407. The van der Waals surface area contributed by atoms with Gasteiger partial charge in [-0.15, -0.1) is 0 Å². The number of hydrogen-bond acceptors (Lipinski definition) is 4. The van der Waals surface area contributed by atoms with Crippen LogP contribution in [-0.2, 0) is 0 Å². The first-order valence-corrected chi connectivity index (χ1v) is 6.35. The van der Waals surface area contributed by atoms with Crippen molar-refractivity contribution >= 4 is 11.6 Å². The maximum absolute atomic E-state index is 12.4. The van der Waals surface area contributed by atoms with E-state index in [4.69, 9.17) is 10.8 Å². The van der Waals surface area contributed by atoms with E-state index in [9.17, 15) is 4.79 Å². The number of aromatic nitrogens is 1. The number of nitrogen functional groups attached to an aromatic ring is 1. The molecule has 5 nitrogen and oxygen atoms in total. The number of rotatable bonds is 4. The number of likely N-dealkylation sites (tertiary alicyclic amines) is 1. The van der Waals surface area contributed by atoms with E-state index in [1.54, 1.807) is 12.3 Å². The van der Waals surface area contributed by atoms with Crippen LogP contribution in [0.3, 0.4) is 0 Å². The Labute approximate surface area is 107 Å². The molecule has 0 bridgehead atoms. The first-order valence-electron chi connectivity index (χ1n) is 6.35. The molecular weight excluding hydrogens is 230 g/mol. The van der Waals surface area contributed by atoms with Crippen molar-refractivity contribution in [1.29, 1.82) is 0 Å². The monoisotopic (exact) mass is 249 g/mol. The van der Waals surface area contributed by atoms with Crippen LogP contribution in [0.15, 0.2) is 18.5 Å². The lowest BCUT2D eigenvalue weighted by atomic mass is 10.1. The van der Waals surface area contributed by atoms with Gasteiger partial charge in [0, 0.05) is 37.3 Å². The molecule has 3 N–H and O–H groups in total. The molecule has 0 saturated carbocycles. The molecule has 1 saturated heterocycles. The van der Waals surface area contributed by atoms with E-state index in [0.717, 1.165) is 32.2 Å². The molecule has 0 radical (unpaired) electrons. The van der Waals surface area contributed by atoms with Crippen LogP contribution in [0.1, 0.15) is 36.0 Å². The van der Waals surface area contributed by atoms with Crippen molar-refractivity contribution in [2.24, 2.45) is 0 Å². The Morgan fingerprint density at radius 1 is 1.61 bits per heavy atom. The van der Waals surface area contributed by atoms with Crippen molar-refractivity contribution in [1.82, 2.24) is 9.88 Å². The van der Waals surface area contributed by atoms with Gasteiger partial charge in [0.05, 0.1) is 5.56 Å². The van der Waals surface area contributed by atoms with Gasteiger partial charge in [-0.3, -0.25) is 9.78 Å². The number of hydrogen-bond donors (Lipinski definition) is 2. The Balaban J connectivity index is 2.10. The highest BCUT2D eigenvalue weighted by molar-refractivity contribution is 5.99. The summed E-state index contributed by atoms with van der Waals surface area (Å²) in [5, 5.41) is 8.88. The molecule has 2 rings (SSSR count). The van der Waals surface area contributed by atoms with Gasteiger partial charge in [-0.2, -0.15) is 0 Å². The van der Waals surface area contributed by atoms with Gasteiger partial charge in [-0.05, 0) is 31.7 Å². The number of nitrogens with zero attached hydrogens (tertiary/aromatic N) is 2. The van der Waals surface area contributed by atoms with Crippen LogP contribution in [0, 0.1) is 0 Å². The van der Waals surface area contributed by atoms with E-state index in [0.29, 0.717) is 11.3 Å².